The summed E-state index contributed by atoms with van der Waals surface area (Å²) in [5.41, 5.74) is 0.959. The predicted molar refractivity (Wildman–Crippen MR) is 77.6 cm³/mol. The first kappa shape index (κ1) is 13.5. The van der Waals surface area contributed by atoms with Crippen molar-refractivity contribution in [3.63, 3.8) is 0 Å². The summed E-state index contributed by atoms with van der Waals surface area (Å²) < 4.78 is 1.54. The average molecular weight is 267 g/mol. The van der Waals surface area contributed by atoms with Crippen LogP contribution in [0.4, 0.5) is 5.69 Å². The van der Waals surface area contributed by atoms with E-state index in [-0.39, 0.29) is 5.56 Å². The molecule has 1 unspecified atom stereocenters. The highest BCUT2D eigenvalue weighted by molar-refractivity contribution is 7.80. The molecule has 0 radical (unpaired) electrons. The Hall–Kier alpha value is -0.970. The van der Waals surface area contributed by atoms with E-state index in [1.807, 2.05) is 6.20 Å². The molecule has 100 valence electrons. The van der Waals surface area contributed by atoms with Crippen LogP contribution in [0, 0.1) is 5.92 Å². The van der Waals surface area contributed by atoms with Crippen molar-refractivity contribution in [1.82, 2.24) is 9.78 Å². The van der Waals surface area contributed by atoms with Crippen LogP contribution in [0.25, 0.3) is 0 Å². The van der Waals surface area contributed by atoms with Gasteiger partial charge in [0, 0.05) is 25.7 Å². The maximum Gasteiger partial charge on any atom is 0.268 e. The topological polar surface area (TPSA) is 38.1 Å². The molecule has 1 aliphatic rings. The maximum atomic E-state index is 12.0. The summed E-state index contributed by atoms with van der Waals surface area (Å²) in [5.74, 6) is 1.13. The highest BCUT2D eigenvalue weighted by Gasteiger charge is 2.12. The van der Waals surface area contributed by atoms with Crippen LogP contribution in [-0.2, 0) is 6.54 Å². The lowest BCUT2D eigenvalue weighted by Gasteiger charge is -2.28. The minimum atomic E-state index is -0.00768. The van der Waals surface area contributed by atoms with Crippen LogP contribution in [0.15, 0.2) is 17.1 Å². The van der Waals surface area contributed by atoms with E-state index < -0.39 is 0 Å². The summed E-state index contributed by atoms with van der Waals surface area (Å²) in [6.07, 6.45) is 5.53. The summed E-state index contributed by atoms with van der Waals surface area (Å²) in [4.78, 5) is 14.2. The Morgan fingerprint density at radius 3 is 2.72 bits per heavy atom. The van der Waals surface area contributed by atoms with Crippen LogP contribution in [0.3, 0.4) is 0 Å². The minimum Gasteiger partial charge on any atom is -0.370 e. The van der Waals surface area contributed by atoms with Crippen molar-refractivity contribution >= 4 is 18.3 Å². The van der Waals surface area contributed by atoms with E-state index in [2.05, 4.69) is 29.6 Å². The third-order valence-corrected chi connectivity index (χ3v) is 4.00. The lowest BCUT2D eigenvalue weighted by Crippen LogP contribution is -2.32. The molecule has 1 atom stereocenters. The number of nitrogens with zero attached hydrogens (tertiary/aromatic N) is 3. The van der Waals surface area contributed by atoms with Gasteiger partial charge >= 0.3 is 0 Å². The number of thiol groups is 1. The molecule has 2 rings (SSSR count). The molecule has 0 aliphatic carbocycles. The molecular formula is C13H21N3OS. The van der Waals surface area contributed by atoms with Crippen LogP contribution in [-0.4, -0.2) is 28.6 Å². The number of anilines is 1. The monoisotopic (exact) mass is 267 g/mol. The Bertz CT molecular complexity index is 440. The molecule has 0 saturated carbocycles. The van der Waals surface area contributed by atoms with Crippen molar-refractivity contribution in [3.8, 4) is 0 Å². The molecule has 2 heterocycles. The first-order chi connectivity index (χ1) is 8.70. The van der Waals surface area contributed by atoms with E-state index in [9.17, 15) is 4.79 Å². The number of piperidine rings is 1. The number of hydrogen-bond acceptors (Lipinski definition) is 4. The van der Waals surface area contributed by atoms with Crippen molar-refractivity contribution in [2.75, 3.05) is 23.7 Å². The fourth-order valence-corrected chi connectivity index (χ4v) is 2.35. The standard InChI is InChI=1S/C13H21N3OS/c1-11(10-18)9-16-13(17)7-12(8-14-16)15-5-3-2-4-6-15/h7-8,11,18H,2-6,9-10H2,1H3. The molecule has 0 spiro atoms. The third kappa shape index (κ3) is 3.28. The predicted octanol–water partition coefficient (Wildman–Crippen LogP) is 1.80. The molecule has 0 bridgehead atoms. The fraction of sp³-hybridized carbons (Fsp3) is 0.692. The maximum absolute atomic E-state index is 12.0. The van der Waals surface area contributed by atoms with Crippen LogP contribution in [0.5, 0.6) is 0 Å². The Morgan fingerprint density at radius 2 is 2.11 bits per heavy atom. The minimum absolute atomic E-state index is 0.00768. The summed E-state index contributed by atoms with van der Waals surface area (Å²) in [5, 5.41) is 4.27. The average Bonchev–Trinajstić information content (AvgIpc) is 2.42. The van der Waals surface area contributed by atoms with Gasteiger partial charge in [-0.2, -0.15) is 17.7 Å². The van der Waals surface area contributed by atoms with Gasteiger partial charge in [-0.15, -0.1) is 0 Å². The molecule has 1 aliphatic heterocycles. The molecule has 0 N–H and O–H groups in total. The normalized spacial score (nSPS) is 17.8. The second kappa shape index (κ2) is 6.27. The molecule has 1 fully saturated rings. The van der Waals surface area contributed by atoms with Crippen molar-refractivity contribution in [3.05, 3.63) is 22.6 Å². The third-order valence-electron chi connectivity index (χ3n) is 3.37. The number of aromatic nitrogens is 2. The van der Waals surface area contributed by atoms with Gasteiger partial charge in [0.15, 0.2) is 0 Å². The quantitative estimate of drug-likeness (QED) is 0.845. The lowest BCUT2D eigenvalue weighted by molar-refractivity contribution is 0.468. The Morgan fingerprint density at radius 1 is 1.39 bits per heavy atom. The van der Waals surface area contributed by atoms with Crippen molar-refractivity contribution in [2.45, 2.75) is 32.7 Å². The number of hydrogen-bond donors (Lipinski definition) is 1. The van der Waals surface area contributed by atoms with Gasteiger partial charge in [0.05, 0.1) is 11.9 Å². The van der Waals surface area contributed by atoms with Crippen molar-refractivity contribution in [2.24, 2.45) is 5.92 Å². The summed E-state index contributed by atoms with van der Waals surface area (Å²) >= 11 is 4.23. The number of rotatable bonds is 4. The van der Waals surface area contributed by atoms with Gasteiger partial charge in [-0.3, -0.25) is 4.79 Å². The van der Waals surface area contributed by atoms with Gasteiger partial charge in [-0.1, -0.05) is 6.92 Å². The zero-order valence-corrected chi connectivity index (χ0v) is 11.8. The molecular weight excluding hydrogens is 246 g/mol. The Kier molecular flexibility index (Phi) is 4.69. The van der Waals surface area contributed by atoms with E-state index in [1.165, 1.54) is 23.9 Å². The van der Waals surface area contributed by atoms with Gasteiger partial charge < -0.3 is 4.90 Å². The molecule has 0 amide bonds. The molecule has 4 nitrogen and oxygen atoms in total. The largest absolute Gasteiger partial charge is 0.370 e. The zero-order chi connectivity index (χ0) is 13.0. The zero-order valence-electron chi connectivity index (χ0n) is 10.9. The summed E-state index contributed by atoms with van der Waals surface area (Å²) in [7, 11) is 0. The van der Waals surface area contributed by atoms with Gasteiger partial charge in [0.2, 0.25) is 0 Å². The first-order valence-electron chi connectivity index (χ1n) is 6.63. The van der Waals surface area contributed by atoms with Gasteiger partial charge in [0.1, 0.15) is 0 Å². The molecule has 1 aromatic heterocycles. The van der Waals surface area contributed by atoms with Crippen LogP contribution >= 0.6 is 12.6 Å². The molecule has 1 saturated heterocycles. The Balaban J connectivity index is 2.11. The summed E-state index contributed by atoms with van der Waals surface area (Å²) in [6.45, 7) is 4.79. The van der Waals surface area contributed by atoms with Gasteiger partial charge in [0.25, 0.3) is 5.56 Å². The van der Waals surface area contributed by atoms with E-state index in [0.717, 1.165) is 24.5 Å². The molecule has 1 aromatic rings. The van der Waals surface area contributed by atoms with E-state index >= 15 is 0 Å². The lowest BCUT2D eigenvalue weighted by atomic mass is 10.1. The van der Waals surface area contributed by atoms with E-state index in [1.54, 1.807) is 6.07 Å². The van der Waals surface area contributed by atoms with E-state index in [4.69, 9.17) is 0 Å². The van der Waals surface area contributed by atoms with Crippen LogP contribution in [0.1, 0.15) is 26.2 Å². The van der Waals surface area contributed by atoms with E-state index in [0.29, 0.717) is 12.5 Å². The highest BCUT2D eigenvalue weighted by Crippen LogP contribution is 2.16. The van der Waals surface area contributed by atoms with Crippen molar-refractivity contribution in [1.29, 1.82) is 0 Å². The molecule has 5 heteroatoms. The van der Waals surface area contributed by atoms with Gasteiger partial charge in [-0.25, -0.2) is 4.68 Å². The smallest absolute Gasteiger partial charge is 0.268 e. The van der Waals surface area contributed by atoms with Crippen LogP contribution < -0.4 is 10.5 Å². The molecule has 0 aromatic carbocycles. The van der Waals surface area contributed by atoms with Crippen LogP contribution in [0.2, 0.25) is 0 Å². The van der Waals surface area contributed by atoms with Gasteiger partial charge in [-0.05, 0) is 30.9 Å². The summed E-state index contributed by atoms with van der Waals surface area (Å²) in [6, 6.07) is 1.71. The fourth-order valence-electron chi connectivity index (χ4n) is 2.24. The van der Waals surface area contributed by atoms with Crippen molar-refractivity contribution < 1.29 is 0 Å². The molecule has 18 heavy (non-hydrogen) atoms. The first-order valence-corrected chi connectivity index (χ1v) is 7.27. The highest BCUT2D eigenvalue weighted by atomic mass is 32.1. The SMILES string of the molecule is CC(CS)Cn1ncc(N2CCCCC2)cc1=O. The second-order valence-electron chi connectivity index (χ2n) is 5.07. The second-order valence-corrected chi connectivity index (χ2v) is 5.43. The Labute approximate surface area is 113 Å².